The average molecular weight is 292 g/mol. The average Bonchev–Trinajstić information content (AvgIpc) is 2.80. The zero-order valence-corrected chi connectivity index (χ0v) is 12.6. The highest BCUT2D eigenvalue weighted by Gasteiger charge is 2.22. The standard InChI is InChI=1S/C15H20N2O4/c1-5-7-17(10-14(19)21-6-2)15(20)13-8-12(11(3)18)9-16(13)4/h5,8-9H,1,6-7,10H2,2-4H3. The maximum atomic E-state index is 12.5. The molecule has 114 valence electrons. The number of nitrogens with zero attached hydrogens (tertiary/aromatic N) is 2. The van der Waals surface area contributed by atoms with Crippen LogP contribution in [0.1, 0.15) is 34.7 Å². The zero-order valence-electron chi connectivity index (χ0n) is 12.6. The summed E-state index contributed by atoms with van der Waals surface area (Å²) in [5, 5.41) is 0. The van der Waals surface area contributed by atoms with Crippen LogP contribution in [0.3, 0.4) is 0 Å². The summed E-state index contributed by atoms with van der Waals surface area (Å²) in [6.07, 6.45) is 3.12. The fourth-order valence-electron chi connectivity index (χ4n) is 1.87. The SMILES string of the molecule is C=CCN(CC(=O)OCC)C(=O)c1cc(C(C)=O)cn1C. The normalized spacial score (nSPS) is 10.0. The minimum Gasteiger partial charge on any atom is -0.465 e. The summed E-state index contributed by atoms with van der Waals surface area (Å²) in [7, 11) is 1.68. The van der Waals surface area contributed by atoms with Crippen molar-refractivity contribution in [2.45, 2.75) is 13.8 Å². The lowest BCUT2D eigenvalue weighted by Crippen LogP contribution is -2.37. The van der Waals surface area contributed by atoms with Crippen LogP contribution in [0.2, 0.25) is 0 Å². The molecule has 6 heteroatoms. The number of esters is 1. The van der Waals surface area contributed by atoms with E-state index in [4.69, 9.17) is 4.74 Å². The molecular formula is C15H20N2O4. The topological polar surface area (TPSA) is 68.6 Å². The van der Waals surface area contributed by atoms with Gasteiger partial charge >= 0.3 is 5.97 Å². The number of ether oxygens (including phenoxy) is 1. The molecule has 0 N–H and O–H groups in total. The molecule has 1 aromatic rings. The molecule has 0 aromatic carbocycles. The van der Waals surface area contributed by atoms with E-state index in [1.54, 1.807) is 24.7 Å². The third kappa shape index (κ3) is 4.30. The van der Waals surface area contributed by atoms with Gasteiger partial charge in [-0.15, -0.1) is 6.58 Å². The van der Waals surface area contributed by atoms with Gasteiger partial charge < -0.3 is 14.2 Å². The first-order valence-electron chi connectivity index (χ1n) is 6.63. The van der Waals surface area contributed by atoms with Crippen LogP contribution in [0.4, 0.5) is 0 Å². The monoisotopic (exact) mass is 292 g/mol. The number of carbonyl (C=O) groups excluding carboxylic acids is 3. The Morgan fingerprint density at radius 3 is 2.57 bits per heavy atom. The number of ketones is 1. The highest BCUT2D eigenvalue weighted by Crippen LogP contribution is 2.11. The van der Waals surface area contributed by atoms with Crippen LogP contribution >= 0.6 is 0 Å². The molecule has 0 aliphatic heterocycles. The molecule has 1 rings (SSSR count). The summed E-state index contributed by atoms with van der Waals surface area (Å²) in [4.78, 5) is 36.7. The Hall–Kier alpha value is -2.37. The summed E-state index contributed by atoms with van der Waals surface area (Å²) in [6.45, 7) is 7.04. The molecule has 21 heavy (non-hydrogen) atoms. The molecule has 0 saturated carbocycles. The Morgan fingerprint density at radius 2 is 2.10 bits per heavy atom. The van der Waals surface area contributed by atoms with Crippen molar-refractivity contribution in [1.29, 1.82) is 0 Å². The van der Waals surface area contributed by atoms with E-state index in [1.807, 2.05) is 0 Å². The number of Topliss-reactive ketones (excluding diaryl/α,β-unsaturated/α-hetero) is 1. The van der Waals surface area contributed by atoms with Crippen molar-refractivity contribution in [1.82, 2.24) is 9.47 Å². The van der Waals surface area contributed by atoms with E-state index in [0.717, 1.165) is 0 Å². The molecular weight excluding hydrogens is 272 g/mol. The lowest BCUT2D eigenvalue weighted by Gasteiger charge is -2.20. The first-order chi connectivity index (χ1) is 9.90. The molecule has 1 amide bonds. The van der Waals surface area contributed by atoms with Crippen molar-refractivity contribution in [3.05, 3.63) is 36.2 Å². The summed E-state index contributed by atoms with van der Waals surface area (Å²) in [5.41, 5.74) is 0.793. The second-order valence-electron chi connectivity index (χ2n) is 4.56. The maximum Gasteiger partial charge on any atom is 0.325 e. The van der Waals surface area contributed by atoms with E-state index in [1.165, 1.54) is 24.0 Å². The minimum atomic E-state index is -0.478. The van der Waals surface area contributed by atoms with E-state index >= 15 is 0 Å². The van der Waals surface area contributed by atoms with Crippen molar-refractivity contribution >= 4 is 17.7 Å². The number of carbonyl (C=O) groups is 3. The molecule has 0 bridgehead atoms. The van der Waals surface area contributed by atoms with E-state index in [-0.39, 0.29) is 31.4 Å². The first kappa shape index (κ1) is 16.7. The quantitative estimate of drug-likeness (QED) is 0.433. The number of hydrogen-bond donors (Lipinski definition) is 0. The lowest BCUT2D eigenvalue weighted by atomic mass is 10.2. The van der Waals surface area contributed by atoms with Gasteiger partial charge in [-0.3, -0.25) is 14.4 Å². The Balaban J connectivity index is 2.97. The number of rotatable bonds is 7. The Bertz CT molecular complexity index is 560. The molecule has 0 aliphatic rings. The number of amides is 1. The molecule has 0 spiro atoms. The largest absolute Gasteiger partial charge is 0.465 e. The van der Waals surface area contributed by atoms with E-state index in [0.29, 0.717) is 11.3 Å². The number of hydrogen-bond acceptors (Lipinski definition) is 4. The fourth-order valence-corrected chi connectivity index (χ4v) is 1.87. The molecule has 0 atom stereocenters. The van der Waals surface area contributed by atoms with Gasteiger partial charge in [0.2, 0.25) is 0 Å². The van der Waals surface area contributed by atoms with Crippen LogP contribution in [-0.2, 0) is 16.6 Å². The Kier molecular flexibility index (Phi) is 5.90. The van der Waals surface area contributed by atoms with Crippen LogP contribution in [0.25, 0.3) is 0 Å². The third-order valence-electron chi connectivity index (χ3n) is 2.89. The molecule has 0 unspecified atom stereocenters. The number of aryl methyl sites for hydroxylation is 1. The summed E-state index contributed by atoms with van der Waals surface area (Å²) in [5.74, 6) is -0.947. The van der Waals surface area contributed by atoms with Crippen LogP contribution in [-0.4, -0.2) is 46.8 Å². The summed E-state index contributed by atoms with van der Waals surface area (Å²) < 4.78 is 6.42. The molecule has 0 aliphatic carbocycles. The first-order valence-corrected chi connectivity index (χ1v) is 6.63. The fraction of sp³-hybridized carbons (Fsp3) is 0.400. The smallest absolute Gasteiger partial charge is 0.325 e. The Morgan fingerprint density at radius 1 is 1.43 bits per heavy atom. The summed E-state index contributed by atoms with van der Waals surface area (Å²) >= 11 is 0. The van der Waals surface area contributed by atoms with Gasteiger partial charge in [0.05, 0.1) is 6.61 Å². The lowest BCUT2D eigenvalue weighted by molar-refractivity contribution is -0.143. The Labute approximate surface area is 124 Å². The van der Waals surface area contributed by atoms with Crippen LogP contribution in [0.15, 0.2) is 24.9 Å². The van der Waals surface area contributed by atoms with Crippen molar-refractivity contribution < 1.29 is 19.1 Å². The van der Waals surface area contributed by atoms with Gasteiger partial charge in [0.1, 0.15) is 12.2 Å². The predicted octanol–water partition coefficient (Wildman–Crippen LogP) is 1.42. The van der Waals surface area contributed by atoms with E-state index in [2.05, 4.69) is 6.58 Å². The highest BCUT2D eigenvalue weighted by atomic mass is 16.5. The minimum absolute atomic E-state index is 0.120. The van der Waals surface area contributed by atoms with Gasteiger partial charge in [0.25, 0.3) is 5.91 Å². The van der Waals surface area contributed by atoms with Gasteiger partial charge in [-0.25, -0.2) is 0 Å². The second-order valence-corrected chi connectivity index (χ2v) is 4.56. The van der Waals surface area contributed by atoms with Gasteiger partial charge in [0, 0.05) is 25.4 Å². The van der Waals surface area contributed by atoms with Crippen LogP contribution < -0.4 is 0 Å². The van der Waals surface area contributed by atoms with Gasteiger partial charge in [-0.1, -0.05) is 6.08 Å². The second kappa shape index (κ2) is 7.42. The van der Waals surface area contributed by atoms with Crippen molar-refractivity contribution in [3.8, 4) is 0 Å². The molecule has 1 aromatic heterocycles. The van der Waals surface area contributed by atoms with Gasteiger partial charge in [0.15, 0.2) is 5.78 Å². The van der Waals surface area contributed by atoms with Crippen molar-refractivity contribution in [2.75, 3.05) is 19.7 Å². The van der Waals surface area contributed by atoms with E-state index in [9.17, 15) is 14.4 Å². The third-order valence-corrected chi connectivity index (χ3v) is 2.89. The van der Waals surface area contributed by atoms with E-state index < -0.39 is 5.97 Å². The van der Waals surface area contributed by atoms with Crippen molar-refractivity contribution in [2.24, 2.45) is 7.05 Å². The predicted molar refractivity (Wildman–Crippen MR) is 78.2 cm³/mol. The molecule has 0 fully saturated rings. The van der Waals surface area contributed by atoms with Crippen molar-refractivity contribution in [3.63, 3.8) is 0 Å². The van der Waals surface area contributed by atoms with Crippen LogP contribution in [0, 0.1) is 0 Å². The zero-order chi connectivity index (χ0) is 16.0. The number of aromatic nitrogens is 1. The molecule has 6 nitrogen and oxygen atoms in total. The molecule has 0 radical (unpaired) electrons. The van der Waals surface area contributed by atoms with Gasteiger partial charge in [-0.2, -0.15) is 0 Å². The highest BCUT2D eigenvalue weighted by molar-refractivity contribution is 6.00. The molecule has 0 saturated heterocycles. The maximum absolute atomic E-state index is 12.5. The molecule has 1 heterocycles. The van der Waals surface area contributed by atoms with Crippen LogP contribution in [0.5, 0.6) is 0 Å². The summed E-state index contributed by atoms with van der Waals surface area (Å²) in [6, 6.07) is 1.52. The van der Waals surface area contributed by atoms with Gasteiger partial charge in [-0.05, 0) is 19.9 Å².